The summed E-state index contributed by atoms with van der Waals surface area (Å²) in [5, 5.41) is 22.6. The van der Waals surface area contributed by atoms with Crippen LogP contribution in [-0.2, 0) is 24.2 Å². The van der Waals surface area contributed by atoms with Crippen LogP contribution in [0, 0.1) is 32.0 Å². The van der Waals surface area contributed by atoms with Crippen LogP contribution in [0.5, 0.6) is 11.5 Å². The molecule has 36 heavy (non-hydrogen) atoms. The minimum atomic E-state index is -0.576. The van der Waals surface area contributed by atoms with E-state index in [1.807, 2.05) is 6.07 Å². The number of anilines is 1. The van der Waals surface area contributed by atoms with Crippen molar-refractivity contribution in [2.45, 2.75) is 32.3 Å². The van der Waals surface area contributed by atoms with E-state index in [0.717, 1.165) is 36.1 Å². The number of carbonyl (C=O) groups excluding carboxylic acids is 1. The van der Waals surface area contributed by atoms with Crippen molar-refractivity contribution >= 4 is 50.9 Å². The van der Waals surface area contributed by atoms with Gasteiger partial charge in [-0.15, -0.1) is 11.3 Å². The van der Waals surface area contributed by atoms with Gasteiger partial charge in [-0.2, -0.15) is 10.5 Å². The van der Waals surface area contributed by atoms with Gasteiger partial charge in [0.1, 0.15) is 35.1 Å². The van der Waals surface area contributed by atoms with Gasteiger partial charge in [0.15, 0.2) is 11.5 Å². The first kappa shape index (κ1) is 25.7. The summed E-state index contributed by atoms with van der Waals surface area (Å²) in [6.07, 6.45) is 5.29. The van der Waals surface area contributed by atoms with Crippen LogP contribution in [-0.4, -0.2) is 13.0 Å². The molecule has 2 aromatic carbocycles. The highest BCUT2D eigenvalue weighted by molar-refractivity contribution is 14.1. The number of benzene rings is 2. The SMILES string of the molecule is COc1cc(/C=C(\C#N)C(=O)Nc2sc3c(c2C#N)CCCC3)cc(I)c1OCc1cccc(F)c1. The molecule has 0 fully saturated rings. The van der Waals surface area contributed by atoms with Crippen LogP contribution in [0.1, 0.15) is 40.0 Å². The lowest BCUT2D eigenvalue weighted by molar-refractivity contribution is -0.112. The predicted molar refractivity (Wildman–Crippen MR) is 144 cm³/mol. The van der Waals surface area contributed by atoms with Crippen molar-refractivity contribution in [3.8, 4) is 23.6 Å². The van der Waals surface area contributed by atoms with Gasteiger partial charge in [-0.05, 0) is 95.3 Å². The quantitative estimate of drug-likeness (QED) is 0.190. The van der Waals surface area contributed by atoms with Crippen LogP contribution in [0.4, 0.5) is 9.39 Å². The van der Waals surface area contributed by atoms with E-state index in [1.165, 1.54) is 36.7 Å². The highest BCUT2D eigenvalue weighted by Gasteiger charge is 2.23. The zero-order valence-corrected chi connectivity index (χ0v) is 22.3. The molecule has 1 heterocycles. The van der Waals surface area contributed by atoms with E-state index in [1.54, 1.807) is 24.3 Å². The summed E-state index contributed by atoms with van der Waals surface area (Å²) >= 11 is 3.49. The van der Waals surface area contributed by atoms with Crippen LogP contribution in [0.2, 0.25) is 0 Å². The number of hydrogen-bond acceptors (Lipinski definition) is 6. The molecule has 4 rings (SSSR count). The lowest BCUT2D eigenvalue weighted by atomic mass is 9.96. The number of carbonyl (C=O) groups is 1. The molecule has 1 amide bonds. The van der Waals surface area contributed by atoms with Gasteiger partial charge >= 0.3 is 0 Å². The number of hydrogen-bond donors (Lipinski definition) is 1. The molecule has 1 aromatic heterocycles. The lowest BCUT2D eigenvalue weighted by Crippen LogP contribution is -2.13. The molecule has 1 aliphatic rings. The summed E-state index contributed by atoms with van der Waals surface area (Å²) in [6, 6.07) is 13.7. The number of ether oxygens (including phenoxy) is 2. The zero-order valence-electron chi connectivity index (χ0n) is 19.4. The second kappa shape index (κ2) is 11.5. The number of halogens is 2. The number of nitrogens with one attached hydrogen (secondary N) is 1. The standard InChI is InChI=1S/C27H21FIN3O3S/c1-34-23-12-17(11-22(29)25(23)35-15-16-5-4-6-19(28)10-16)9-18(13-30)26(33)32-27-21(14-31)20-7-2-3-8-24(20)36-27/h4-6,9-12H,2-3,7-8,15H2,1H3,(H,32,33)/b18-9+. The smallest absolute Gasteiger partial charge is 0.266 e. The number of fused-ring (bicyclic) bond motifs is 1. The van der Waals surface area contributed by atoms with E-state index in [2.05, 4.69) is 34.0 Å². The number of methoxy groups -OCH3 is 1. The second-order valence-electron chi connectivity index (χ2n) is 8.10. The molecule has 1 aliphatic carbocycles. The number of nitrogens with zero attached hydrogens (tertiary/aromatic N) is 2. The third-order valence-electron chi connectivity index (χ3n) is 5.71. The molecule has 0 aliphatic heterocycles. The van der Waals surface area contributed by atoms with Crippen molar-refractivity contribution < 1.29 is 18.7 Å². The van der Waals surface area contributed by atoms with Crippen molar-refractivity contribution in [3.63, 3.8) is 0 Å². The monoisotopic (exact) mass is 613 g/mol. The summed E-state index contributed by atoms with van der Waals surface area (Å²) in [6.45, 7) is 0.150. The van der Waals surface area contributed by atoms with Crippen LogP contribution < -0.4 is 14.8 Å². The first-order chi connectivity index (χ1) is 17.4. The van der Waals surface area contributed by atoms with E-state index in [9.17, 15) is 19.7 Å². The highest BCUT2D eigenvalue weighted by atomic mass is 127. The van der Waals surface area contributed by atoms with Crippen molar-refractivity contribution in [2.75, 3.05) is 12.4 Å². The van der Waals surface area contributed by atoms with E-state index >= 15 is 0 Å². The molecule has 6 nitrogen and oxygen atoms in total. The van der Waals surface area contributed by atoms with Gasteiger partial charge in [0.25, 0.3) is 5.91 Å². The van der Waals surface area contributed by atoms with Crippen molar-refractivity contribution in [1.29, 1.82) is 10.5 Å². The van der Waals surface area contributed by atoms with Gasteiger partial charge in [-0.3, -0.25) is 4.79 Å². The van der Waals surface area contributed by atoms with Gasteiger partial charge in [-0.1, -0.05) is 12.1 Å². The highest BCUT2D eigenvalue weighted by Crippen LogP contribution is 2.38. The first-order valence-corrected chi connectivity index (χ1v) is 13.1. The minimum Gasteiger partial charge on any atom is -0.493 e. The number of aryl methyl sites for hydroxylation is 1. The van der Waals surface area contributed by atoms with Crippen molar-refractivity contribution in [2.24, 2.45) is 0 Å². The Balaban J connectivity index is 1.56. The number of amides is 1. The molecule has 182 valence electrons. The maximum absolute atomic E-state index is 13.5. The number of thiophene rings is 1. The summed E-state index contributed by atoms with van der Waals surface area (Å²) in [7, 11) is 1.49. The van der Waals surface area contributed by atoms with Gasteiger partial charge in [0.2, 0.25) is 0 Å². The van der Waals surface area contributed by atoms with Crippen LogP contribution in [0.15, 0.2) is 42.0 Å². The number of rotatable bonds is 7. The summed E-state index contributed by atoms with van der Waals surface area (Å²) in [5.74, 6) is -0.0246. The maximum atomic E-state index is 13.5. The second-order valence-corrected chi connectivity index (χ2v) is 10.4. The fraction of sp³-hybridized carbons (Fsp3) is 0.222. The average Bonchev–Trinajstić information content (AvgIpc) is 3.23. The molecule has 0 bridgehead atoms. The van der Waals surface area contributed by atoms with Gasteiger partial charge < -0.3 is 14.8 Å². The van der Waals surface area contributed by atoms with Crippen molar-refractivity contribution in [3.05, 3.63) is 78.5 Å². The van der Waals surface area contributed by atoms with Crippen LogP contribution >= 0.6 is 33.9 Å². The molecule has 0 unspecified atom stereocenters. The third-order valence-corrected chi connectivity index (χ3v) is 7.72. The molecule has 0 saturated heterocycles. The Hall–Kier alpha value is -3.41. The summed E-state index contributed by atoms with van der Waals surface area (Å²) < 4.78 is 25.5. The molecule has 0 atom stereocenters. The topological polar surface area (TPSA) is 95.1 Å². The third kappa shape index (κ3) is 5.69. The largest absolute Gasteiger partial charge is 0.493 e. The van der Waals surface area contributed by atoms with Gasteiger partial charge in [0.05, 0.1) is 16.2 Å². The molecular weight excluding hydrogens is 592 g/mol. The van der Waals surface area contributed by atoms with Crippen LogP contribution in [0.3, 0.4) is 0 Å². The molecular formula is C27H21FIN3O3S. The molecule has 0 saturated carbocycles. The fourth-order valence-corrected chi connectivity index (χ4v) is 6.02. The van der Waals surface area contributed by atoms with E-state index in [0.29, 0.717) is 36.8 Å². The molecule has 9 heteroatoms. The van der Waals surface area contributed by atoms with E-state index in [4.69, 9.17) is 9.47 Å². The van der Waals surface area contributed by atoms with E-state index in [-0.39, 0.29) is 18.0 Å². The lowest BCUT2D eigenvalue weighted by Gasteiger charge is -2.14. The Bertz CT molecular complexity index is 1440. The summed E-state index contributed by atoms with van der Waals surface area (Å²) in [4.78, 5) is 14.1. The Morgan fingerprint density at radius 1 is 1.25 bits per heavy atom. The molecule has 1 N–H and O–H groups in total. The Kier molecular flexibility index (Phi) is 8.24. The Morgan fingerprint density at radius 2 is 2.06 bits per heavy atom. The maximum Gasteiger partial charge on any atom is 0.266 e. The van der Waals surface area contributed by atoms with E-state index < -0.39 is 5.91 Å². The average molecular weight is 613 g/mol. The zero-order chi connectivity index (χ0) is 25.7. The fourth-order valence-electron chi connectivity index (χ4n) is 4.00. The Labute approximate surface area is 226 Å². The first-order valence-electron chi connectivity index (χ1n) is 11.2. The molecule has 0 spiro atoms. The van der Waals surface area contributed by atoms with Gasteiger partial charge in [-0.25, -0.2) is 4.39 Å². The van der Waals surface area contributed by atoms with Crippen molar-refractivity contribution in [1.82, 2.24) is 0 Å². The van der Waals surface area contributed by atoms with Gasteiger partial charge in [0, 0.05) is 4.88 Å². The van der Waals surface area contributed by atoms with Crippen LogP contribution in [0.25, 0.3) is 6.08 Å². The molecule has 3 aromatic rings. The normalized spacial score (nSPS) is 12.8. The number of nitriles is 2. The minimum absolute atomic E-state index is 0.100. The molecule has 0 radical (unpaired) electrons. The Morgan fingerprint density at radius 3 is 2.78 bits per heavy atom. The predicted octanol–water partition coefficient (Wildman–Crippen LogP) is 6.38. The summed E-state index contributed by atoms with van der Waals surface area (Å²) in [5.41, 5.74) is 2.66.